The van der Waals surface area contributed by atoms with Crippen LogP contribution in [0.4, 0.5) is 0 Å². The van der Waals surface area contributed by atoms with E-state index < -0.39 is 35.6 Å². The zero-order valence-electron chi connectivity index (χ0n) is 23.7. The van der Waals surface area contributed by atoms with Gasteiger partial charge in [0.25, 0.3) is 0 Å². The molecular weight excluding hydrogens is 496 g/mol. The third-order valence-electron chi connectivity index (χ3n) is 8.03. The van der Waals surface area contributed by atoms with Gasteiger partial charge in [-0.25, -0.2) is 4.98 Å². The molecule has 0 saturated carbocycles. The number of cyclic esters (lactones) is 1. The average molecular weight is 541 g/mol. The number of carbonyl (C=O) groups excluding carboxylic acids is 2. The standard InChI is InChI=1S/C31H44N2O6/c1-6-7-11-22-29(36)20(3)10-8-9-19(2)12-14-24(39-28(35)17-26(34)31(4,5)30(22)37)21-13-15-25-23(16-21)33-27(18-32)38-25/h6,12-13,15-16,20,22,24,26,29,34,36H,1,7-11,14,17-18,32H2,2-5H3/b19-12+/t20-,22+,24-,26-,29-/m0/s1. The van der Waals surface area contributed by atoms with Crippen molar-refractivity contribution in [2.75, 3.05) is 0 Å². The molecule has 0 unspecified atom stereocenters. The van der Waals surface area contributed by atoms with E-state index in [9.17, 15) is 19.8 Å². The van der Waals surface area contributed by atoms with Gasteiger partial charge < -0.3 is 25.1 Å². The van der Waals surface area contributed by atoms with Gasteiger partial charge in [0.05, 0.1) is 30.6 Å². The van der Waals surface area contributed by atoms with Gasteiger partial charge in [0.2, 0.25) is 5.89 Å². The highest BCUT2D eigenvalue weighted by Crippen LogP contribution is 2.35. The fraction of sp³-hybridized carbons (Fsp3) is 0.581. The molecule has 3 rings (SSSR count). The van der Waals surface area contributed by atoms with Crippen LogP contribution in [0.3, 0.4) is 0 Å². The van der Waals surface area contributed by atoms with Crippen molar-refractivity contribution in [2.45, 2.75) is 97.5 Å². The normalized spacial score (nSPS) is 29.0. The van der Waals surface area contributed by atoms with Crippen molar-refractivity contribution in [3.05, 3.63) is 54.0 Å². The summed E-state index contributed by atoms with van der Waals surface area (Å²) >= 11 is 0. The van der Waals surface area contributed by atoms with Crippen molar-refractivity contribution in [1.82, 2.24) is 4.98 Å². The Bertz CT molecular complexity index is 1180. The van der Waals surface area contributed by atoms with Crippen molar-refractivity contribution < 1.29 is 29.0 Å². The summed E-state index contributed by atoms with van der Waals surface area (Å²) < 4.78 is 11.5. The monoisotopic (exact) mass is 540 g/mol. The number of hydrogen-bond acceptors (Lipinski definition) is 8. The van der Waals surface area contributed by atoms with Crippen LogP contribution in [-0.2, 0) is 20.9 Å². The number of ketones is 1. The number of carbonyl (C=O) groups is 2. The number of oxazole rings is 1. The van der Waals surface area contributed by atoms with Crippen molar-refractivity contribution in [3.63, 3.8) is 0 Å². The first-order valence-electron chi connectivity index (χ1n) is 13.9. The number of allylic oxidation sites excluding steroid dienone is 2. The molecule has 0 fully saturated rings. The first-order chi connectivity index (χ1) is 18.5. The van der Waals surface area contributed by atoms with E-state index in [2.05, 4.69) is 17.6 Å². The molecular formula is C31H44N2O6. The molecule has 2 heterocycles. The minimum atomic E-state index is -1.28. The van der Waals surface area contributed by atoms with Gasteiger partial charge in [-0.1, -0.05) is 44.6 Å². The number of ether oxygens (including phenoxy) is 1. The zero-order chi connectivity index (χ0) is 28.7. The SMILES string of the molecule is C=CCC[C@H]1C(=O)C(C)(C)[C@@H](O)CC(=O)O[C@H](c2ccc3oc(CN)nc3c2)C/C=C(\C)CCC[C@H](C)[C@@H]1O. The molecule has 4 N–H and O–H groups in total. The molecule has 8 heteroatoms. The second-order valence-electron chi connectivity index (χ2n) is 11.4. The van der Waals surface area contributed by atoms with Crippen LogP contribution in [0.1, 0.15) is 90.2 Å². The summed E-state index contributed by atoms with van der Waals surface area (Å²) in [4.78, 5) is 31.2. The van der Waals surface area contributed by atoms with E-state index in [0.717, 1.165) is 30.4 Å². The lowest BCUT2D eigenvalue weighted by Crippen LogP contribution is -2.46. The number of esters is 1. The Morgan fingerprint density at radius 3 is 2.69 bits per heavy atom. The molecule has 0 spiro atoms. The largest absolute Gasteiger partial charge is 0.457 e. The van der Waals surface area contributed by atoms with Crippen LogP contribution in [0.5, 0.6) is 0 Å². The highest BCUT2D eigenvalue weighted by atomic mass is 16.5. The number of aliphatic hydroxyl groups is 2. The molecule has 5 atom stereocenters. The summed E-state index contributed by atoms with van der Waals surface area (Å²) in [5.41, 5.74) is 7.54. The Morgan fingerprint density at radius 2 is 2.00 bits per heavy atom. The highest BCUT2D eigenvalue weighted by Gasteiger charge is 2.43. The zero-order valence-corrected chi connectivity index (χ0v) is 23.7. The smallest absolute Gasteiger partial charge is 0.309 e. The Balaban J connectivity index is 1.93. The predicted octanol–water partition coefficient (Wildman–Crippen LogP) is 5.32. The van der Waals surface area contributed by atoms with Crippen LogP contribution in [0, 0.1) is 17.3 Å². The number of nitrogens with zero attached hydrogens (tertiary/aromatic N) is 1. The van der Waals surface area contributed by atoms with Crippen molar-refractivity contribution in [3.8, 4) is 0 Å². The molecule has 0 amide bonds. The Hall–Kier alpha value is -2.81. The summed E-state index contributed by atoms with van der Waals surface area (Å²) in [6.45, 7) is 11.2. The van der Waals surface area contributed by atoms with E-state index in [1.165, 1.54) is 0 Å². The molecule has 8 nitrogen and oxygen atoms in total. The number of rotatable bonds is 5. The highest BCUT2D eigenvalue weighted by molar-refractivity contribution is 5.88. The maximum Gasteiger partial charge on any atom is 0.309 e. The van der Waals surface area contributed by atoms with Crippen molar-refractivity contribution in [1.29, 1.82) is 0 Å². The third-order valence-corrected chi connectivity index (χ3v) is 8.03. The third kappa shape index (κ3) is 7.65. The van der Waals surface area contributed by atoms with E-state index >= 15 is 0 Å². The number of Topliss-reactive ketones (excluding diaryl/α,β-unsaturated/α-hetero) is 1. The molecule has 0 radical (unpaired) electrons. The summed E-state index contributed by atoms with van der Waals surface area (Å²) in [5, 5.41) is 22.3. The first-order valence-corrected chi connectivity index (χ1v) is 13.9. The van der Waals surface area contributed by atoms with E-state index in [0.29, 0.717) is 36.3 Å². The van der Waals surface area contributed by atoms with Crippen molar-refractivity contribution >= 4 is 22.9 Å². The molecule has 1 aliphatic heterocycles. The van der Waals surface area contributed by atoms with Gasteiger partial charge in [0.15, 0.2) is 5.58 Å². The van der Waals surface area contributed by atoms with Crippen LogP contribution in [-0.4, -0.2) is 39.2 Å². The number of benzene rings is 1. The lowest BCUT2D eigenvalue weighted by Gasteiger charge is -2.36. The molecule has 214 valence electrons. The van der Waals surface area contributed by atoms with E-state index in [-0.39, 0.29) is 24.7 Å². The quantitative estimate of drug-likeness (QED) is 0.343. The molecule has 0 bridgehead atoms. The Morgan fingerprint density at radius 1 is 1.26 bits per heavy atom. The molecule has 2 aromatic rings. The first kappa shape index (κ1) is 30.7. The number of fused-ring (bicyclic) bond motifs is 1. The summed E-state index contributed by atoms with van der Waals surface area (Å²) in [6, 6.07) is 5.45. The Labute approximate surface area is 231 Å². The lowest BCUT2D eigenvalue weighted by molar-refractivity contribution is -0.156. The van der Waals surface area contributed by atoms with Crippen molar-refractivity contribution in [2.24, 2.45) is 23.0 Å². The van der Waals surface area contributed by atoms with Gasteiger partial charge in [0, 0.05) is 12.3 Å². The van der Waals surface area contributed by atoms with Crippen LogP contribution in [0.25, 0.3) is 11.1 Å². The lowest BCUT2D eigenvalue weighted by atomic mass is 9.71. The maximum atomic E-state index is 13.7. The molecule has 39 heavy (non-hydrogen) atoms. The molecule has 1 aliphatic rings. The fourth-order valence-electron chi connectivity index (χ4n) is 5.23. The molecule has 1 aromatic heterocycles. The molecule has 0 saturated heterocycles. The summed E-state index contributed by atoms with van der Waals surface area (Å²) in [7, 11) is 0. The molecule has 1 aromatic carbocycles. The van der Waals surface area contributed by atoms with E-state index in [1.54, 1.807) is 26.0 Å². The fourth-order valence-corrected chi connectivity index (χ4v) is 5.23. The Kier molecular flexibility index (Phi) is 10.6. The second-order valence-corrected chi connectivity index (χ2v) is 11.4. The number of aliphatic hydroxyl groups excluding tert-OH is 2. The average Bonchev–Trinajstić information content (AvgIpc) is 3.32. The molecule has 0 aliphatic carbocycles. The van der Waals surface area contributed by atoms with Gasteiger partial charge in [-0.2, -0.15) is 0 Å². The van der Waals surface area contributed by atoms with E-state index in [4.69, 9.17) is 14.9 Å². The number of nitrogens with two attached hydrogens (primary N) is 1. The van der Waals surface area contributed by atoms with Gasteiger partial charge in [0.1, 0.15) is 17.4 Å². The minimum absolute atomic E-state index is 0.0947. The van der Waals surface area contributed by atoms with Gasteiger partial charge >= 0.3 is 5.97 Å². The van der Waals surface area contributed by atoms with Crippen LogP contribution < -0.4 is 5.73 Å². The summed E-state index contributed by atoms with van der Waals surface area (Å²) in [5.74, 6) is -1.19. The number of hydrogen-bond donors (Lipinski definition) is 3. The van der Waals surface area contributed by atoms with Crippen LogP contribution in [0.15, 0.2) is 46.9 Å². The minimum Gasteiger partial charge on any atom is -0.457 e. The van der Waals surface area contributed by atoms with Gasteiger partial charge in [-0.3, -0.25) is 9.59 Å². The van der Waals surface area contributed by atoms with Gasteiger partial charge in [-0.05, 0) is 62.6 Å². The van der Waals surface area contributed by atoms with Crippen LogP contribution in [0.2, 0.25) is 0 Å². The summed E-state index contributed by atoms with van der Waals surface area (Å²) in [6.07, 6.45) is 4.63. The predicted molar refractivity (Wildman–Crippen MR) is 150 cm³/mol. The van der Waals surface area contributed by atoms with Gasteiger partial charge in [-0.15, -0.1) is 6.58 Å². The number of aromatic nitrogens is 1. The maximum absolute atomic E-state index is 13.7. The van der Waals surface area contributed by atoms with Crippen LogP contribution >= 0.6 is 0 Å². The topological polar surface area (TPSA) is 136 Å². The van der Waals surface area contributed by atoms with E-state index in [1.807, 2.05) is 26.0 Å². The second kappa shape index (κ2) is 13.5.